The van der Waals surface area contributed by atoms with Crippen molar-refractivity contribution in [1.82, 2.24) is 4.98 Å². The smallest absolute Gasteiger partial charge is 0.411 e. The molecule has 0 spiro atoms. The maximum Gasteiger partial charge on any atom is 0.411 e. The number of thiazole rings is 1. The van der Waals surface area contributed by atoms with Gasteiger partial charge >= 0.3 is 6.09 Å². The number of aromatic nitrogens is 1. The number of amides is 1. The van der Waals surface area contributed by atoms with E-state index in [9.17, 15) is 4.79 Å². The summed E-state index contributed by atoms with van der Waals surface area (Å²) < 4.78 is 5.19. The van der Waals surface area contributed by atoms with Gasteiger partial charge in [0, 0.05) is 28.2 Å². The molecule has 24 heavy (non-hydrogen) atoms. The van der Waals surface area contributed by atoms with Crippen molar-refractivity contribution in [2.75, 3.05) is 5.32 Å². The summed E-state index contributed by atoms with van der Waals surface area (Å²) in [6.07, 6.45) is 2.22. The predicted octanol–water partition coefficient (Wildman–Crippen LogP) is 5.14. The van der Waals surface area contributed by atoms with E-state index in [1.807, 2.05) is 48.1 Å². The van der Waals surface area contributed by atoms with Crippen molar-refractivity contribution < 1.29 is 9.53 Å². The first-order chi connectivity index (χ1) is 11.7. The molecule has 0 fully saturated rings. The fourth-order valence-corrected chi connectivity index (χ4v) is 2.87. The molecule has 0 aliphatic rings. The Balaban J connectivity index is 1.49. The zero-order valence-electron chi connectivity index (χ0n) is 12.7. The summed E-state index contributed by atoms with van der Waals surface area (Å²) in [7, 11) is 0. The summed E-state index contributed by atoms with van der Waals surface area (Å²) in [4.78, 5) is 17.1. The molecular weight excluding hydrogens is 344 g/mol. The minimum Gasteiger partial charge on any atom is -0.444 e. The Morgan fingerprint density at radius 1 is 1.08 bits per heavy atom. The van der Waals surface area contributed by atoms with E-state index in [4.69, 9.17) is 16.3 Å². The van der Waals surface area contributed by atoms with Crippen molar-refractivity contribution in [2.24, 2.45) is 0 Å². The van der Waals surface area contributed by atoms with Crippen LogP contribution in [0.3, 0.4) is 0 Å². The second-order valence-corrected chi connectivity index (χ2v) is 6.58. The molecule has 1 aromatic heterocycles. The summed E-state index contributed by atoms with van der Waals surface area (Å²) in [6.45, 7) is 0.201. The molecule has 0 atom stereocenters. The second kappa shape index (κ2) is 7.95. The van der Waals surface area contributed by atoms with Crippen LogP contribution in [0, 0.1) is 0 Å². The number of hydrogen-bond acceptors (Lipinski definition) is 4. The van der Waals surface area contributed by atoms with Crippen molar-refractivity contribution in [2.45, 2.75) is 13.0 Å². The third kappa shape index (κ3) is 4.81. The molecule has 0 unspecified atom stereocenters. The van der Waals surface area contributed by atoms with Gasteiger partial charge in [-0.15, -0.1) is 11.3 Å². The predicted molar refractivity (Wildman–Crippen MR) is 96.6 cm³/mol. The molecule has 4 nitrogen and oxygen atoms in total. The molecule has 0 radical (unpaired) electrons. The van der Waals surface area contributed by atoms with Crippen LogP contribution in [0.5, 0.6) is 0 Å². The SMILES string of the molecule is O=C(Nc1ccc(Cc2cncs2)cc1)OCc1ccc(Cl)cc1. The lowest BCUT2D eigenvalue weighted by atomic mass is 10.1. The molecule has 6 heteroatoms. The first-order valence-corrected chi connectivity index (χ1v) is 8.59. The van der Waals surface area contributed by atoms with Gasteiger partial charge in [-0.3, -0.25) is 10.3 Å². The number of nitrogens with zero attached hydrogens (tertiary/aromatic N) is 1. The van der Waals surface area contributed by atoms with Gasteiger partial charge in [-0.05, 0) is 35.4 Å². The zero-order valence-corrected chi connectivity index (χ0v) is 14.3. The zero-order chi connectivity index (χ0) is 16.8. The third-order valence-corrected chi connectivity index (χ3v) is 4.38. The van der Waals surface area contributed by atoms with E-state index < -0.39 is 6.09 Å². The highest BCUT2D eigenvalue weighted by molar-refractivity contribution is 7.09. The normalized spacial score (nSPS) is 10.4. The van der Waals surface area contributed by atoms with Crippen LogP contribution in [0.1, 0.15) is 16.0 Å². The number of anilines is 1. The van der Waals surface area contributed by atoms with E-state index in [-0.39, 0.29) is 6.61 Å². The molecule has 2 aromatic carbocycles. The van der Waals surface area contributed by atoms with E-state index in [1.54, 1.807) is 23.5 Å². The van der Waals surface area contributed by atoms with E-state index in [2.05, 4.69) is 10.3 Å². The minimum absolute atomic E-state index is 0.201. The molecule has 122 valence electrons. The number of halogens is 1. The van der Waals surface area contributed by atoms with Crippen molar-refractivity contribution in [3.05, 3.63) is 81.3 Å². The fourth-order valence-electron chi connectivity index (χ4n) is 2.12. The van der Waals surface area contributed by atoms with Gasteiger partial charge in [-0.2, -0.15) is 0 Å². The molecule has 0 aliphatic heterocycles. The Bertz CT molecular complexity index is 787. The van der Waals surface area contributed by atoms with E-state index >= 15 is 0 Å². The number of hydrogen-bond donors (Lipinski definition) is 1. The Labute approximate surface area is 149 Å². The highest BCUT2D eigenvalue weighted by Gasteiger charge is 2.05. The lowest BCUT2D eigenvalue weighted by Gasteiger charge is -2.08. The summed E-state index contributed by atoms with van der Waals surface area (Å²) in [5.41, 5.74) is 4.57. The number of carbonyl (C=O) groups excluding carboxylic acids is 1. The molecule has 3 rings (SSSR count). The Kier molecular flexibility index (Phi) is 5.46. The van der Waals surface area contributed by atoms with E-state index in [0.717, 1.165) is 12.0 Å². The molecule has 3 aromatic rings. The second-order valence-electron chi connectivity index (χ2n) is 5.17. The Morgan fingerprint density at radius 2 is 1.79 bits per heavy atom. The number of carbonyl (C=O) groups is 1. The van der Waals surface area contributed by atoms with Crippen LogP contribution in [0.2, 0.25) is 5.02 Å². The molecule has 0 saturated heterocycles. The van der Waals surface area contributed by atoms with Crippen molar-refractivity contribution in [1.29, 1.82) is 0 Å². The monoisotopic (exact) mass is 358 g/mol. The first-order valence-electron chi connectivity index (χ1n) is 7.33. The highest BCUT2D eigenvalue weighted by atomic mass is 35.5. The largest absolute Gasteiger partial charge is 0.444 e. The fraction of sp³-hybridized carbons (Fsp3) is 0.111. The third-order valence-electron chi connectivity index (χ3n) is 3.35. The molecule has 1 heterocycles. The number of nitrogens with one attached hydrogen (secondary N) is 1. The van der Waals surface area contributed by atoms with Gasteiger partial charge in [0.05, 0.1) is 5.51 Å². The average molecular weight is 359 g/mol. The molecule has 0 aliphatic carbocycles. The Morgan fingerprint density at radius 3 is 2.46 bits per heavy atom. The van der Waals surface area contributed by atoms with Crippen molar-refractivity contribution in [3.63, 3.8) is 0 Å². The standard InChI is InChI=1S/C18H15ClN2O2S/c19-15-5-1-14(2-6-15)11-23-18(22)21-16-7-3-13(4-8-16)9-17-10-20-12-24-17/h1-8,10,12H,9,11H2,(H,21,22). The number of rotatable bonds is 5. The Hall–Kier alpha value is -2.37. The van der Waals surface area contributed by atoms with E-state index in [0.29, 0.717) is 10.7 Å². The van der Waals surface area contributed by atoms with E-state index in [1.165, 1.54) is 10.4 Å². The van der Waals surface area contributed by atoms with Gasteiger partial charge in [0.2, 0.25) is 0 Å². The summed E-state index contributed by atoms with van der Waals surface area (Å²) in [5, 5.41) is 3.37. The molecular formula is C18H15ClN2O2S. The van der Waals surface area contributed by atoms with Crippen molar-refractivity contribution >= 4 is 34.7 Å². The van der Waals surface area contributed by atoms with Gasteiger partial charge in [-0.25, -0.2) is 4.79 Å². The number of ether oxygens (including phenoxy) is 1. The number of benzene rings is 2. The molecule has 0 saturated carbocycles. The average Bonchev–Trinajstić information content (AvgIpc) is 3.09. The highest BCUT2D eigenvalue weighted by Crippen LogP contribution is 2.16. The van der Waals surface area contributed by atoms with Crippen LogP contribution in [0.4, 0.5) is 10.5 Å². The van der Waals surface area contributed by atoms with Gasteiger partial charge in [-0.1, -0.05) is 35.9 Å². The van der Waals surface area contributed by atoms with Crippen LogP contribution in [-0.4, -0.2) is 11.1 Å². The van der Waals surface area contributed by atoms with Crippen LogP contribution in [0.25, 0.3) is 0 Å². The lowest BCUT2D eigenvalue weighted by Crippen LogP contribution is -2.13. The van der Waals surface area contributed by atoms with Gasteiger partial charge in [0.15, 0.2) is 0 Å². The van der Waals surface area contributed by atoms with Crippen LogP contribution >= 0.6 is 22.9 Å². The van der Waals surface area contributed by atoms with Crippen LogP contribution < -0.4 is 5.32 Å². The van der Waals surface area contributed by atoms with Gasteiger partial charge in [0.25, 0.3) is 0 Å². The first kappa shape index (κ1) is 16.5. The summed E-state index contributed by atoms with van der Waals surface area (Å²) >= 11 is 7.44. The molecule has 1 amide bonds. The molecule has 0 bridgehead atoms. The summed E-state index contributed by atoms with van der Waals surface area (Å²) in [5.74, 6) is 0. The topological polar surface area (TPSA) is 51.2 Å². The quantitative estimate of drug-likeness (QED) is 0.687. The van der Waals surface area contributed by atoms with Gasteiger partial charge < -0.3 is 4.74 Å². The van der Waals surface area contributed by atoms with Crippen LogP contribution in [0.15, 0.2) is 60.2 Å². The van der Waals surface area contributed by atoms with Crippen LogP contribution in [-0.2, 0) is 17.8 Å². The maximum absolute atomic E-state index is 11.8. The summed E-state index contributed by atoms with van der Waals surface area (Å²) in [6, 6.07) is 14.9. The minimum atomic E-state index is -0.486. The maximum atomic E-state index is 11.8. The van der Waals surface area contributed by atoms with Gasteiger partial charge in [0.1, 0.15) is 6.61 Å². The molecule has 1 N–H and O–H groups in total. The lowest BCUT2D eigenvalue weighted by molar-refractivity contribution is 0.155. The van der Waals surface area contributed by atoms with Crippen molar-refractivity contribution in [3.8, 4) is 0 Å².